The van der Waals surface area contributed by atoms with Gasteiger partial charge >= 0.3 is 0 Å². The summed E-state index contributed by atoms with van der Waals surface area (Å²) in [5.74, 6) is 2.46. The van der Waals surface area contributed by atoms with Crippen molar-refractivity contribution in [3.8, 4) is 0 Å². The van der Waals surface area contributed by atoms with E-state index in [-0.39, 0.29) is 6.04 Å². The summed E-state index contributed by atoms with van der Waals surface area (Å²) in [6.07, 6.45) is 7.46. The van der Waals surface area contributed by atoms with Crippen molar-refractivity contribution in [2.75, 3.05) is 0 Å². The molecule has 3 rings (SSSR count). The molecule has 1 heterocycles. The predicted molar refractivity (Wildman–Crippen MR) is 76.2 cm³/mol. The first-order valence-electron chi connectivity index (χ1n) is 7.09. The van der Waals surface area contributed by atoms with Crippen molar-refractivity contribution >= 4 is 15.9 Å². The van der Waals surface area contributed by atoms with Crippen LogP contribution < -0.4 is 5.73 Å². The largest absolute Gasteiger partial charge is 0.322 e. The molecule has 2 aliphatic rings. The molecule has 100 valence electrons. The van der Waals surface area contributed by atoms with E-state index in [2.05, 4.69) is 39.6 Å². The summed E-state index contributed by atoms with van der Waals surface area (Å²) < 4.78 is 3.16. The van der Waals surface area contributed by atoms with Gasteiger partial charge in [-0.05, 0) is 60.4 Å². The third kappa shape index (κ3) is 1.94. The lowest BCUT2D eigenvalue weighted by Crippen LogP contribution is -2.21. The number of hydrogen-bond acceptors (Lipinski definition) is 2. The highest BCUT2D eigenvalue weighted by atomic mass is 79.9. The van der Waals surface area contributed by atoms with E-state index >= 15 is 0 Å². The highest BCUT2D eigenvalue weighted by Gasteiger charge is 2.54. The van der Waals surface area contributed by atoms with Gasteiger partial charge in [-0.25, -0.2) is 0 Å². The molecule has 3 nitrogen and oxygen atoms in total. The SMILES string of the molecule is CC(C)n1ncc(Br)c1C(N)C1C2CCCCC21. The van der Waals surface area contributed by atoms with Crippen LogP contribution in [0.3, 0.4) is 0 Å². The standard InChI is InChI=1S/C14H22BrN3/c1-8(2)18-14(11(15)7-17-18)13(16)12-9-5-3-4-6-10(9)12/h7-10,12-13H,3-6,16H2,1-2H3. The van der Waals surface area contributed by atoms with Gasteiger partial charge in [0.2, 0.25) is 0 Å². The highest BCUT2D eigenvalue weighted by molar-refractivity contribution is 9.10. The van der Waals surface area contributed by atoms with E-state index in [0.29, 0.717) is 12.0 Å². The summed E-state index contributed by atoms with van der Waals surface area (Å²) in [7, 11) is 0. The van der Waals surface area contributed by atoms with Crippen molar-refractivity contribution in [2.45, 2.75) is 51.6 Å². The number of nitrogens with zero attached hydrogens (tertiary/aromatic N) is 2. The molecule has 1 aromatic heterocycles. The van der Waals surface area contributed by atoms with Crippen LogP contribution in [0.2, 0.25) is 0 Å². The van der Waals surface area contributed by atoms with Crippen molar-refractivity contribution in [3.63, 3.8) is 0 Å². The van der Waals surface area contributed by atoms with Gasteiger partial charge in [-0.3, -0.25) is 4.68 Å². The molecule has 2 saturated carbocycles. The molecule has 0 spiro atoms. The molecular weight excluding hydrogens is 290 g/mol. The first-order chi connectivity index (χ1) is 8.61. The van der Waals surface area contributed by atoms with E-state index in [0.717, 1.165) is 16.3 Å². The Morgan fingerprint density at radius 2 is 1.94 bits per heavy atom. The van der Waals surface area contributed by atoms with Gasteiger partial charge in [0.15, 0.2) is 0 Å². The maximum atomic E-state index is 6.55. The zero-order valence-corrected chi connectivity index (χ0v) is 12.7. The lowest BCUT2D eigenvalue weighted by Gasteiger charge is -2.17. The zero-order valence-electron chi connectivity index (χ0n) is 11.1. The van der Waals surface area contributed by atoms with E-state index in [1.165, 1.54) is 31.4 Å². The number of aromatic nitrogens is 2. The maximum Gasteiger partial charge on any atom is 0.0699 e. The van der Waals surface area contributed by atoms with Crippen molar-refractivity contribution in [3.05, 3.63) is 16.4 Å². The first-order valence-corrected chi connectivity index (χ1v) is 7.89. The Kier molecular flexibility index (Phi) is 3.27. The molecule has 2 aliphatic carbocycles. The van der Waals surface area contributed by atoms with E-state index in [9.17, 15) is 0 Å². The van der Waals surface area contributed by atoms with Gasteiger partial charge in [-0.15, -0.1) is 0 Å². The molecule has 0 radical (unpaired) electrons. The molecule has 2 fully saturated rings. The van der Waals surface area contributed by atoms with Gasteiger partial charge in [0.05, 0.1) is 22.4 Å². The Bertz CT molecular complexity index is 428. The lowest BCUT2D eigenvalue weighted by molar-refractivity contribution is 0.453. The average Bonchev–Trinajstić information content (AvgIpc) is 2.95. The van der Waals surface area contributed by atoms with E-state index in [1.807, 2.05) is 6.20 Å². The van der Waals surface area contributed by atoms with Crippen molar-refractivity contribution < 1.29 is 0 Å². The molecule has 18 heavy (non-hydrogen) atoms. The third-order valence-electron chi connectivity index (χ3n) is 4.73. The highest BCUT2D eigenvalue weighted by Crippen LogP contribution is 2.60. The Balaban J connectivity index is 1.84. The molecule has 0 aromatic carbocycles. The molecule has 0 amide bonds. The summed E-state index contributed by atoms with van der Waals surface area (Å²) in [6.45, 7) is 4.32. The summed E-state index contributed by atoms with van der Waals surface area (Å²) in [4.78, 5) is 0. The van der Waals surface area contributed by atoms with Gasteiger partial charge in [0, 0.05) is 6.04 Å². The number of hydrogen-bond donors (Lipinski definition) is 1. The predicted octanol–water partition coefficient (Wildman–Crippen LogP) is 3.66. The van der Waals surface area contributed by atoms with Gasteiger partial charge in [0.1, 0.15) is 0 Å². The van der Waals surface area contributed by atoms with Crippen LogP contribution in [-0.2, 0) is 0 Å². The topological polar surface area (TPSA) is 43.8 Å². The lowest BCUT2D eigenvalue weighted by atomic mass is 10.0. The van der Waals surface area contributed by atoms with Gasteiger partial charge < -0.3 is 5.73 Å². The second-order valence-corrected chi connectivity index (χ2v) is 6.99. The van der Waals surface area contributed by atoms with Crippen LogP contribution in [0, 0.1) is 17.8 Å². The quantitative estimate of drug-likeness (QED) is 0.925. The molecule has 0 bridgehead atoms. The Hall–Kier alpha value is -0.350. The Morgan fingerprint density at radius 3 is 2.50 bits per heavy atom. The van der Waals surface area contributed by atoms with Crippen LogP contribution in [0.5, 0.6) is 0 Å². The molecule has 2 N–H and O–H groups in total. The van der Waals surface area contributed by atoms with Crippen LogP contribution >= 0.6 is 15.9 Å². The summed E-state index contributed by atoms with van der Waals surface area (Å²) >= 11 is 3.62. The number of rotatable bonds is 3. The smallest absolute Gasteiger partial charge is 0.0699 e. The fourth-order valence-electron chi connectivity index (χ4n) is 3.84. The third-order valence-corrected chi connectivity index (χ3v) is 5.34. The minimum Gasteiger partial charge on any atom is -0.322 e. The van der Waals surface area contributed by atoms with E-state index in [1.54, 1.807) is 0 Å². The Labute approximate surface area is 117 Å². The zero-order chi connectivity index (χ0) is 12.9. The van der Waals surface area contributed by atoms with Crippen LogP contribution in [-0.4, -0.2) is 9.78 Å². The Morgan fingerprint density at radius 1 is 1.33 bits per heavy atom. The molecule has 0 saturated heterocycles. The summed E-state index contributed by atoms with van der Waals surface area (Å²) in [5.41, 5.74) is 7.75. The number of nitrogens with two attached hydrogens (primary N) is 1. The normalized spacial score (nSPS) is 32.4. The van der Waals surface area contributed by atoms with Crippen LogP contribution in [0.4, 0.5) is 0 Å². The second kappa shape index (κ2) is 4.64. The molecule has 0 aliphatic heterocycles. The van der Waals surface area contributed by atoms with Crippen molar-refractivity contribution in [1.82, 2.24) is 9.78 Å². The average molecular weight is 312 g/mol. The minimum atomic E-state index is 0.150. The minimum absolute atomic E-state index is 0.150. The van der Waals surface area contributed by atoms with Crippen molar-refractivity contribution in [1.29, 1.82) is 0 Å². The van der Waals surface area contributed by atoms with E-state index < -0.39 is 0 Å². The molecule has 4 heteroatoms. The van der Waals surface area contributed by atoms with Crippen LogP contribution in [0.25, 0.3) is 0 Å². The summed E-state index contributed by atoms with van der Waals surface area (Å²) in [5, 5.41) is 4.45. The van der Waals surface area contributed by atoms with Gasteiger partial charge in [-0.1, -0.05) is 12.8 Å². The van der Waals surface area contributed by atoms with E-state index in [4.69, 9.17) is 5.73 Å². The van der Waals surface area contributed by atoms with Gasteiger partial charge in [-0.2, -0.15) is 5.10 Å². The molecule has 1 aromatic rings. The maximum absolute atomic E-state index is 6.55. The van der Waals surface area contributed by atoms with Crippen molar-refractivity contribution in [2.24, 2.45) is 23.5 Å². The number of halogens is 1. The molecule has 3 atom stereocenters. The fourth-order valence-corrected chi connectivity index (χ4v) is 4.37. The first kappa shape index (κ1) is 12.7. The van der Waals surface area contributed by atoms with Crippen LogP contribution in [0.1, 0.15) is 57.3 Å². The monoisotopic (exact) mass is 311 g/mol. The summed E-state index contributed by atoms with van der Waals surface area (Å²) in [6, 6.07) is 0.524. The number of fused-ring (bicyclic) bond motifs is 1. The van der Waals surface area contributed by atoms with Crippen LogP contribution in [0.15, 0.2) is 10.7 Å². The van der Waals surface area contributed by atoms with Gasteiger partial charge in [0.25, 0.3) is 0 Å². The second-order valence-electron chi connectivity index (χ2n) is 6.13. The fraction of sp³-hybridized carbons (Fsp3) is 0.786. The molecule has 3 unspecified atom stereocenters. The molecular formula is C14H22BrN3.